The van der Waals surface area contributed by atoms with Crippen molar-refractivity contribution in [2.75, 3.05) is 37.4 Å². The summed E-state index contributed by atoms with van der Waals surface area (Å²) in [4.78, 5) is 16.6. The molecule has 1 aromatic heterocycles. The molecule has 1 saturated heterocycles. The Balaban J connectivity index is 1.55. The van der Waals surface area contributed by atoms with Gasteiger partial charge < -0.3 is 15.1 Å². The van der Waals surface area contributed by atoms with Crippen LogP contribution in [0, 0.1) is 12.8 Å². The first-order chi connectivity index (χ1) is 12.0. The van der Waals surface area contributed by atoms with Crippen LogP contribution in [-0.4, -0.2) is 47.9 Å². The lowest BCUT2D eigenvalue weighted by Gasteiger charge is -2.32. The molecule has 6 heteroatoms. The summed E-state index contributed by atoms with van der Waals surface area (Å²) >= 11 is 0. The van der Waals surface area contributed by atoms with E-state index in [9.17, 15) is 4.79 Å². The highest BCUT2D eigenvalue weighted by Crippen LogP contribution is 2.26. The Morgan fingerprint density at radius 3 is 2.68 bits per heavy atom. The summed E-state index contributed by atoms with van der Waals surface area (Å²) in [5.41, 5.74) is 3.10. The highest BCUT2D eigenvalue weighted by Gasteiger charge is 2.23. The molecule has 0 saturated carbocycles. The number of piperidine rings is 1. The van der Waals surface area contributed by atoms with Gasteiger partial charge in [0.2, 0.25) is 0 Å². The van der Waals surface area contributed by atoms with Crippen LogP contribution in [0.2, 0.25) is 0 Å². The van der Waals surface area contributed by atoms with Crippen LogP contribution < -0.4 is 10.2 Å². The number of likely N-dealkylation sites (tertiary alicyclic amines) is 1. The molecule has 0 unspecified atom stereocenters. The maximum Gasteiger partial charge on any atom is 0.321 e. The lowest BCUT2D eigenvalue weighted by molar-refractivity contribution is 0.175. The second-order valence-corrected chi connectivity index (χ2v) is 6.93. The number of carbonyl (C=O) groups excluding carboxylic acids is 1. The minimum absolute atomic E-state index is 0.00320. The summed E-state index contributed by atoms with van der Waals surface area (Å²) in [7, 11) is 4.02. The van der Waals surface area contributed by atoms with Crippen LogP contribution in [0.5, 0.6) is 0 Å². The third-order valence-corrected chi connectivity index (χ3v) is 4.93. The summed E-state index contributed by atoms with van der Waals surface area (Å²) in [6.07, 6.45) is 5.85. The van der Waals surface area contributed by atoms with Crippen LogP contribution in [0.4, 0.5) is 16.2 Å². The van der Waals surface area contributed by atoms with E-state index in [1.807, 2.05) is 61.2 Å². The second-order valence-electron chi connectivity index (χ2n) is 6.93. The Bertz CT molecular complexity index is 703. The topological polar surface area (TPSA) is 53.4 Å². The van der Waals surface area contributed by atoms with E-state index in [1.54, 1.807) is 0 Å². The molecule has 25 heavy (non-hydrogen) atoms. The molecule has 2 aromatic rings. The monoisotopic (exact) mass is 341 g/mol. The van der Waals surface area contributed by atoms with E-state index >= 15 is 0 Å². The van der Waals surface area contributed by atoms with Gasteiger partial charge in [-0.3, -0.25) is 4.68 Å². The zero-order chi connectivity index (χ0) is 17.8. The third-order valence-electron chi connectivity index (χ3n) is 4.93. The van der Waals surface area contributed by atoms with E-state index in [4.69, 9.17) is 0 Å². The number of hydrogen-bond donors (Lipinski definition) is 1. The molecule has 0 aliphatic carbocycles. The molecule has 1 fully saturated rings. The fourth-order valence-electron chi connectivity index (χ4n) is 3.43. The van der Waals surface area contributed by atoms with Crippen molar-refractivity contribution in [3.8, 4) is 0 Å². The summed E-state index contributed by atoms with van der Waals surface area (Å²) in [5, 5.41) is 7.35. The Labute approximate surface area is 149 Å². The minimum atomic E-state index is -0.00320. The smallest absolute Gasteiger partial charge is 0.321 e. The predicted molar refractivity (Wildman–Crippen MR) is 101 cm³/mol. The average molecular weight is 341 g/mol. The number of nitrogens with one attached hydrogen (secondary N) is 1. The van der Waals surface area contributed by atoms with Gasteiger partial charge in [0.15, 0.2) is 0 Å². The molecule has 0 spiro atoms. The molecule has 1 aliphatic heterocycles. The Morgan fingerprint density at radius 1 is 1.28 bits per heavy atom. The van der Waals surface area contributed by atoms with Gasteiger partial charge in [-0.2, -0.15) is 5.10 Å². The normalized spacial score (nSPS) is 15.2. The zero-order valence-electron chi connectivity index (χ0n) is 15.3. The zero-order valence-corrected chi connectivity index (χ0v) is 15.3. The van der Waals surface area contributed by atoms with Gasteiger partial charge in [-0.05, 0) is 49.4 Å². The number of aromatic nitrogens is 2. The largest absolute Gasteiger partial charge is 0.377 e. The first-order valence-corrected chi connectivity index (χ1v) is 8.85. The van der Waals surface area contributed by atoms with Crippen molar-refractivity contribution in [2.45, 2.75) is 26.3 Å². The van der Waals surface area contributed by atoms with E-state index < -0.39 is 0 Å². The summed E-state index contributed by atoms with van der Waals surface area (Å²) in [6, 6.07) is 7.95. The molecule has 134 valence electrons. The molecule has 0 bridgehead atoms. The van der Waals surface area contributed by atoms with E-state index in [0.717, 1.165) is 49.4 Å². The molecule has 6 nitrogen and oxygen atoms in total. The van der Waals surface area contributed by atoms with Crippen LogP contribution in [0.1, 0.15) is 18.4 Å². The van der Waals surface area contributed by atoms with Crippen molar-refractivity contribution < 1.29 is 4.79 Å². The predicted octanol–water partition coefficient (Wildman–Crippen LogP) is 3.20. The van der Waals surface area contributed by atoms with Crippen LogP contribution in [0.3, 0.4) is 0 Å². The number of carbonyl (C=O) groups is 1. The Morgan fingerprint density at radius 2 is 2.04 bits per heavy atom. The van der Waals surface area contributed by atoms with Crippen LogP contribution >= 0.6 is 0 Å². The first kappa shape index (κ1) is 17.3. The van der Waals surface area contributed by atoms with Crippen molar-refractivity contribution >= 4 is 17.4 Å². The highest BCUT2D eigenvalue weighted by molar-refractivity contribution is 5.91. The molecule has 0 atom stereocenters. The fourth-order valence-corrected chi connectivity index (χ4v) is 3.43. The Hall–Kier alpha value is -2.50. The quantitative estimate of drug-likeness (QED) is 0.929. The second kappa shape index (κ2) is 7.59. The van der Waals surface area contributed by atoms with Crippen molar-refractivity contribution in [1.29, 1.82) is 0 Å². The van der Waals surface area contributed by atoms with Gasteiger partial charge in [0, 0.05) is 57.5 Å². The molecule has 2 heterocycles. The summed E-state index contributed by atoms with van der Waals surface area (Å²) in [6.45, 7) is 4.57. The number of anilines is 2. The van der Waals surface area contributed by atoms with Gasteiger partial charge >= 0.3 is 6.03 Å². The van der Waals surface area contributed by atoms with Crippen molar-refractivity contribution in [3.05, 3.63) is 42.2 Å². The van der Waals surface area contributed by atoms with Crippen LogP contribution in [-0.2, 0) is 6.54 Å². The Kier molecular flexibility index (Phi) is 5.26. The highest BCUT2D eigenvalue weighted by atomic mass is 16.2. The molecular weight excluding hydrogens is 314 g/mol. The lowest BCUT2D eigenvalue weighted by atomic mass is 9.97. The molecule has 1 aromatic carbocycles. The number of rotatable bonds is 4. The van der Waals surface area contributed by atoms with Gasteiger partial charge in [-0.15, -0.1) is 0 Å². The van der Waals surface area contributed by atoms with Gasteiger partial charge in [0.05, 0.1) is 0 Å². The number of urea groups is 1. The summed E-state index contributed by atoms with van der Waals surface area (Å²) < 4.78 is 1.98. The first-order valence-electron chi connectivity index (χ1n) is 8.85. The van der Waals surface area contributed by atoms with Gasteiger partial charge in [-0.1, -0.05) is 6.07 Å². The average Bonchev–Trinajstić information content (AvgIpc) is 3.10. The maximum absolute atomic E-state index is 12.6. The van der Waals surface area contributed by atoms with E-state index in [1.165, 1.54) is 0 Å². The molecule has 1 N–H and O–H groups in total. The number of hydrogen-bond acceptors (Lipinski definition) is 3. The minimum Gasteiger partial charge on any atom is -0.377 e. The van der Waals surface area contributed by atoms with E-state index in [-0.39, 0.29) is 6.03 Å². The van der Waals surface area contributed by atoms with Gasteiger partial charge in [0.1, 0.15) is 0 Å². The SMILES string of the molecule is Cc1c(NC(=O)N2CCC(Cn3cccn3)CC2)cccc1N(C)C. The summed E-state index contributed by atoms with van der Waals surface area (Å²) in [5.74, 6) is 0.586. The molecule has 0 radical (unpaired) electrons. The molecule has 3 rings (SSSR count). The standard InChI is InChI=1S/C19H27N5O/c1-15-17(6-4-7-18(15)22(2)3)21-19(25)23-12-8-16(9-13-23)14-24-11-5-10-20-24/h4-7,10-11,16H,8-9,12-14H2,1-3H3,(H,21,25). The fraction of sp³-hybridized carbons (Fsp3) is 0.474. The molecule has 1 aliphatic rings. The van der Waals surface area contributed by atoms with E-state index in [0.29, 0.717) is 5.92 Å². The molecule has 2 amide bonds. The number of amides is 2. The van der Waals surface area contributed by atoms with E-state index in [2.05, 4.69) is 21.4 Å². The number of nitrogens with zero attached hydrogens (tertiary/aromatic N) is 4. The van der Waals surface area contributed by atoms with Crippen LogP contribution in [0.15, 0.2) is 36.7 Å². The molecular formula is C19H27N5O. The van der Waals surface area contributed by atoms with Gasteiger partial charge in [0.25, 0.3) is 0 Å². The van der Waals surface area contributed by atoms with Crippen molar-refractivity contribution in [2.24, 2.45) is 5.92 Å². The van der Waals surface area contributed by atoms with Crippen molar-refractivity contribution in [3.63, 3.8) is 0 Å². The number of benzene rings is 1. The third kappa shape index (κ3) is 4.13. The van der Waals surface area contributed by atoms with Crippen LogP contribution in [0.25, 0.3) is 0 Å². The van der Waals surface area contributed by atoms with Crippen molar-refractivity contribution in [1.82, 2.24) is 14.7 Å². The lowest BCUT2D eigenvalue weighted by Crippen LogP contribution is -2.41. The maximum atomic E-state index is 12.6. The van der Waals surface area contributed by atoms with Gasteiger partial charge in [-0.25, -0.2) is 4.79 Å².